The second-order valence-corrected chi connectivity index (χ2v) is 8.24. The van der Waals surface area contributed by atoms with Crippen molar-refractivity contribution in [3.05, 3.63) is 64.3 Å². The van der Waals surface area contributed by atoms with Gasteiger partial charge >= 0.3 is 6.18 Å². The lowest BCUT2D eigenvalue weighted by Crippen LogP contribution is -2.55. The monoisotopic (exact) mass is 436 g/mol. The van der Waals surface area contributed by atoms with Crippen LogP contribution in [0, 0.1) is 6.92 Å². The molecule has 0 amide bonds. The summed E-state index contributed by atoms with van der Waals surface area (Å²) in [5.74, 6) is -1.01. The second kappa shape index (κ2) is 7.03. The predicted octanol–water partition coefficient (Wildman–Crippen LogP) is 5.86. The summed E-state index contributed by atoms with van der Waals surface area (Å²) in [4.78, 5) is 4.41. The molecule has 8 heteroatoms. The van der Waals surface area contributed by atoms with E-state index in [-0.39, 0.29) is 16.3 Å². The molecular formula is C22H20ClF3N2O2. The molecule has 3 atom stereocenters. The molecule has 4 rings (SSSR count). The number of halogens is 4. The first-order valence-corrected chi connectivity index (χ1v) is 9.84. The van der Waals surface area contributed by atoms with Crippen LogP contribution in [0.1, 0.15) is 42.1 Å². The van der Waals surface area contributed by atoms with Crippen LogP contribution < -0.4 is 5.32 Å². The highest BCUT2D eigenvalue weighted by molar-refractivity contribution is 6.32. The molecule has 1 aliphatic rings. The quantitative estimate of drug-likeness (QED) is 0.471. The minimum atomic E-state index is -4.90. The maximum Gasteiger partial charge on any atom is 0.419 e. The van der Waals surface area contributed by atoms with Gasteiger partial charge in [-0.3, -0.25) is 4.98 Å². The number of nitrogens with zero attached hydrogens (tertiary/aromatic N) is 1. The smallest absolute Gasteiger partial charge is 0.419 e. The number of nitrogens with one attached hydrogen (secondary N) is 1. The molecule has 3 aromatic rings. The predicted molar refractivity (Wildman–Crippen MR) is 110 cm³/mol. The second-order valence-electron chi connectivity index (χ2n) is 7.83. The summed E-state index contributed by atoms with van der Waals surface area (Å²) in [6, 6.07) is 9.87. The van der Waals surface area contributed by atoms with E-state index in [9.17, 15) is 23.4 Å². The lowest BCUT2D eigenvalue weighted by molar-refractivity contribution is -0.272. The Hall–Kier alpha value is -2.51. The first kappa shape index (κ1) is 20.8. The first-order chi connectivity index (χ1) is 14.0. The van der Waals surface area contributed by atoms with Crippen LogP contribution in [0.5, 0.6) is 5.75 Å². The Bertz CT molecular complexity index is 1140. The number of aromatic hydroxyl groups is 1. The molecule has 0 fully saturated rings. The number of phenolic OH excluding ortho intramolecular Hbond substituents is 1. The van der Waals surface area contributed by atoms with Gasteiger partial charge in [-0.05, 0) is 55.2 Å². The number of pyridine rings is 1. The van der Waals surface area contributed by atoms with Crippen molar-refractivity contribution in [2.45, 2.75) is 44.0 Å². The highest BCUT2D eigenvalue weighted by Crippen LogP contribution is 2.55. The third kappa shape index (κ3) is 3.17. The van der Waals surface area contributed by atoms with Crippen LogP contribution in [0.25, 0.3) is 10.9 Å². The number of rotatable bonds is 2. The van der Waals surface area contributed by atoms with Gasteiger partial charge in [0.05, 0.1) is 16.6 Å². The number of aromatic nitrogens is 1. The van der Waals surface area contributed by atoms with E-state index < -0.39 is 30.2 Å². The van der Waals surface area contributed by atoms with Crippen molar-refractivity contribution >= 4 is 28.2 Å². The Labute approximate surface area is 176 Å². The molecule has 2 aromatic carbocycles. The Balaban J connectivity index is 1.92. The van der Waals surface area contributed by atoms with Crippen molar-refractivity contribution in [2.24, 2.45) is 0 Å². The summed E-state index contributed by atoms with van der Waals surface area (Å²) in [5, 5.41) is 24.9. The summed E-state index contributed by atoms with van der Waals surface area (Å²) >= 11 is 6.01. The highest BCUT2D eigenvalue weighted by atomic mass is 35.5. The van der Waals surface area contributed by atoms with Crippen LogP contribution >= 0.6 is 11.6 Å². The molecule has 0 bridgehead atoms. The molecule has 0 saturated carbocycles. The van der Waals surface area contributed by atoms with E-state index in [2.05, 4.69) is 10.3 Å². The lowest BCUT2D eigenvalue weighted by atomic mass is 9.70. The molecule has 0 radical (unpaired) electrons. The zero-order chi connectivity index (χ0) is 21.8. The van der Waals surface area contributed by atoms with E-state index in [4.69, 9.17) is 11.6 Å². The van der Waals surface area contributed by atoms with Gasteiger partial charge in [0.25, 0.3) is 0 Å². The van der Waals surface area contributed by atoms with Gasteiger partial charge in [-0.15, -0.1) is 0 Å². The first-order valence-electron chi connectivity index (χ1n) is 9.46. The molecular weight excluding hydrogens is 417 g/mol. The number of aryl methyl sites for hydroxylation is 1. The number of benzene rings is 2. The van der Waals surface area contributed by atoms with Crippen molar-refractivity contribution in [1.29, 1.82) is 0 Å². The molecule has 0 saturated heterocycles. The van der Waals surface area contributed by atoms with Gasteiger partial charge in [-0.2, -0.15) is 13.2 Å². The Morgan fingerprint density at radius 3 is 2.60 bits per heavy atom. The molecule has 1 aromatic heterocycles. The molecule has 3 N–H and O–H groups in total. The van der Waals surface area contributed by atoms with Crippen molar-refractivity contribution in [1.82, 2.24) is 4.98 Å². The van der Waals surface area contributed by atoms with Crippen LogP contribution in [0.4, 0.5) is 18.9 Å². The normalized spacial score (nSPS) is 24.0. The minimum absolute atomic E-state index is 0.0571. The number of phenols is 1. The number of fused-ring (bicyclic) bond motifs is 2. The van der Waals surface area contributed by atoms with Gasteiger partial charge in [0.2, 0.25) is 0 Å². The fraction of sp³-hybridized carbons (Fsp3) is 0.318. The van der Waals surface area contributed by atoms with Crippen molar-refractivity contribution in [2.75, 3.05) is 5.32 Å². The van der Waals surface area contributed by atoms with Gasteiger partial charge in [0, 0.05) is 22.3 Å². The number of aliphatic hydroxyl groups is 1. The molecule has 30 heavy (non-hydrogen) atoms. The maximum atomic E-state index is 14.1. The fourth-order valence-corrected chi connectivity index (χ4v) is 4.49. The van der Waals surface area contributed by atoms with Crippen LogP contribution in [-0.4, -0.2) is 27.0 Å². The molecule has 0 spiro atoms. The average molecular weight is 437 g/mol. The van der Waals surface area contributed by atoms with E-state index in [0.29, 0.717) is 22.2 Å². The van der Waals surface area contributed by atoms with Crippen LogP contribution in [0.3, 0.4) is 0 Å². The van der Waals surface area contributed by atoms with Crippen LogP contribution in [-0.2, 0) is 0 Å². The topological polar surface area (TPSA) is 65.4 Å². The molecule has 0 aliphatic heterocycles. The Morgan fingerprint density at radius 2 is 1.90 bits per heavy atom. The molecule has 4 nitrogen and oxygen atoms in total. The Morgan fingerprint density at radius 1 is 1.17 bits per heavy atom. The number of hydrogen-bond donors (Lipinski definition) is 3. The SMILES string of the molecule is Cc1ccc2c(NC3c4ccc(Cl)c(O)c4[C@H](C)C[C@]3(O)C(F)(F)F)cccc2n1. The number of anilines is 1. The van der Waals surface area contributed by atoms with Crippen molar-refractivity contribution in [3.63, 3.8) is 0 Å². The molecule has 1 unspecified atom stereocenters. The summed E-state index contributed by atoms with van der Waals surface area (Å²) in [7, 11) is 0. The van der Waals surface area contributed by atoms with Gasteiger partial charge in [-0.25, -0.2) is 0 Å². The molecule has 1 aliphatic carbocycles. The lowest BCUT2D eigenvalue weighted by Gasteiger charge is -2.45. The third-order valence-electron chi connectivity index (χ3n) is 5.76. The summed E-state index contributed by atoms with van der Waals surface area (Å²) < 4.78 is 42.3. The van der Waals surface area contributed by atoms with E-state index in [1.54, 1.807) is 30.3 Å². The largest absolute Gasteiger partial charge is 0.506 e. The van der Waals surface area contributed by atoms with Gasteiger partial charge < -0.3 is 15.5 Å². The minimum Gasteiger partial charge on any atom is -0.506 e. The average Bonchev–Trinajstić information content (AvgIpc) is 2.66. The highest BCUT2D eigenvalue weighted by Gasteiger charge is 2.62. The summed E-state index contributed by atoms with van der Waals surface area (Å²) in [6.45, 7) is 3.36. The third-order valence-corrected chi connectivity index (χ3v) is 6.07. The summed E-state index contributed by atoms with van der Waals surface area (Å²) in [6.07, 6.45) is -5.51. The van der Waals surface area contributed by atoms with E-state index in [0.717, 1.165) is 5.69 Å². The van der Waals surface area contributed by atoms with Gasteiger partial charge in [0.1, 0.15) is 5.75 Å². The Kier molecular flexibility index (Phi) is 4.86. The van der Waals surface area contributed by atoms with E-state index >= 15 is 0 Å². The van der Waals surface area contributed by atoms with Crippen molar-refractivity contribution in [3.8, 4) is 5.75 Å². The standard InChI is InChI=1S/C22H20ClF3N2O2/c1-11-10-21(30,22(24,25)26)20(14-8-9-15(23)19(29)18(11)14)28-17-5-3-4-16-13(17)7-6-12(2)27-16/h3-9,11,20,28-30H,10H2,1-2H3/t11-,20?,21-/m1/s1. The maximum absolute atomic E-state index is 14.1. The van der Waals surface area contributed by atoms with Gasteiger partial charge in [-0.1, -0.05) is 30.7 Å². The molecule has 158 valence electrons. The van der Waals surface area contributed by atoms with E-state index in [1.165, 1.54) is 19.1 Å². The number of hydrogen-bond acceptors (Lipinski definition) is 4. The van der Waals surface area contributed by atoms with Crippen LogP contribution in [0.15, 0.2) is 42.5 Å². The zero-order valence-electron chi connectivity index (χ0n) is 16.3. The fourth-order valence-electron chi connectivity index (χ4n) is 4.33. The summed E-state index contributed by atoms with van der Waals surface area (Å²) in [5.41, 5.74) is -0.764. The number of alkyl halides is 3. The van der Waals surface area contributed by atoms with Gasteiger partial charge in [0.15, 0.2) is 5.60 Å². The zero-order valence-corrected chi connectivity index (χ0v) is 17.0. The molecule has 1 heterocycles. The van der Waals surface area contributed by atoms with E-state index in [1.807, 2.05) is 6.92 Å². The van der Waals surface area contributed by atoms with Crippen molar-refractivity contribution < 1.29 is 23.4 Å². The van der Waals surface area contributed by atoms with Crippen LogP contribution in [0.2, 0.25) is 5.02 Å².